The molecular formula is C22H17ClN2O4. The molecule has 0 radical (unpaired) electrons. The second-order valence-electron chi connectivity index (χ2n) is 6.10. The molecule has 0 aliphatic heterocycles. The number of ketones is 1. The molecule has 0 spiro atoms. The van der Waals surface area contributed by atoms with Crippen LogP contribution in [-0.2, 0) is 4.79 Å². The first-order chi connectivity index (χ1) is 13.9. The number of rotatable bonds is 6. The fourth-order valence-electron chi connectivity index (χ4n) is 2.50. The zero-order valence-electron chi connectivity index (χ0n) is 15.4. The van der Waals surface area contributed by atoms with Crippen molar-refractivity contribution in [3.8, 4) is 0 Å². The minimum atomic E-state index is -0.558. The van der Waals surface area contributed by atoms with Gasteiger partial charge in [-0.05, 0) is 55.5 Å². The second-order valence-corrected chi connectivity index (χ2v) is 6.50. The highest BCUT2D eigenvalue weighted by Crippen LogP contribution is 2.17. The molecule has 0 atom stereocenters. The third-order valence-corrected chi connectivity index (χ3v) is 4.32. The van der Waals surface area contributed by atoms with Crippen LogP contribution in [0.5, 0.6) is 0 Å². The predicted molar refractivity (Wildman–Crippen MR) is 111 cm³/mol. The minimum absolute atomic E-state index is 0.0273. The summed E-state index contributed by atoms with van der Waals surface area (Å²) in [6.07, 6.45) is 2.87. The minimum Gasteiger partial charge on any atom is -0.465 e. The van der Waals surface area contributed by atoms with Gasteiger partial charge in [-0.25, -0.2) is 0 Å². The van der Waals surface area contributed by atoms with Gasteiger partial charge in [0.05, 0.1) is 16.8 Å². The molecule has 0 saturated heterocycles. The maximum atomic E-state index is 12.8. The molecular weight excluding hydrogens is 392 g/mol. The van der Waals surface area contributed by atoms with Crippen LogP contribution < -0.4 is 10.6 Å². The Kier molecular flexibility index (Phi) is 6.26. The summed E-state index contributed by atoms with van der Waals surface area (Å²) in [6.45, 7) is 1.46. The van der Waals surface area contributed by atoms with Gasteiger partial charge in [0.2, 0.25) is 0 Å². The molecule has 6 nitrogen and oxygen atoms in total. The Morgan fingerprint density at radius 3 is 2.31 bits per heavy atom. The average molecular weight is 409 g/mol. The number of anilines is 1. The third-order valence-electron chi connectivity index (χ3n) is 3.99. The summed E-state index contributed by atoms with van der Waals surface area (Å²) in [7, 11) is 0. The van der Waals surface area contributed by atoms with Gasteiger partial charge in [-0.3, -0.25) is 14.4 Å². The van der Waals surface area contributed by atoms with E-state index in [2.05, 4.69) is 10.6 Å². The molecule has 2 N–H and O–H groups in total. The highest BCUT2D eigenvalue weighted by Gasteiger charge is 2.17. The average Bonchev–Trinajstić information content (AvgIpc) is 3.21. The summed E-state index contributed by atoms with van der Waals surface area (Å²) < 4.78 is 5.25. The first-order valence-corrected chi connectivity index (χ1v) is 9.05. The quantitative estimate of drug-likeness (QED) is 0.462. The normalized spacial score (nSPS) is 11.0. The van der Waals surface area contributed by atoms with Gasteiger partial charge in [0, 0.05) is 17.3 Å². The molecule has 2 aromatic carbocycles. The predicted octanol–water partition coefficient (Wildman–Crippen LogP) is 4.55. The zero-order valence-corrected chi connectivity index (χ0v) is 16.2. The molecule has 3 aromatic rings. The Balaban J connectivity index is 1.83. The molecule has 1 heterocycles. The SMILES string of the molecule is CC(=O)c1ccc(NC(=O)/C(=C/c2ccco2)NC(=O)c2ccccc2Cl)cc1. The topological polar surface area (TPSA) is 88.4 Å². The molecule has 7 heteroatoms. The maximum absolute atomic E-state index is 12.8. The first-order valence-electron chi connectivity index (χ1n) is 8.67. The van der Waals surface area contributed by atoms with Crippen molar-refractivity contribution in [2.45, 2.75) is 6.92 Å². The molecule has 0 fully saturated rings. The second kappa shape index (κ2) is 9.03. The van der Waals surface area contributed by atoms with E-state index < -0.39 is 11.8 Å². The van der Waals surface area contributed by atoms with Crippen LogP contribution in [-0.4, -0.2) is 17.6 Å². The Morgan fingerprint density at radius 2 is 1.69 bits per heavy atom. The molecule has 1 aromatic heterocycles. The van der Waals surface area contributed by atoms with Crippen LogP contribution in [0.4, 0.5) is 5.69 Å². The Bertz CT molecular complexity index is 1070. The number of halogens is 1. The van der Waals surface area contributed by atoms with Crippen molar-refractivity contribution in [1.29, 1.82) is 0 Å². The third kappa shape index (κ3) is 5.21. The fourth-order valence-corrected chi connectivity index (χ4v) is 2.72. The van der Waals surface area contributed by atoms with Crippen molar-refractivity contribution >= 4 is 41.0 Å². The summed E-state index contributed by atoms with van der Waals surface area (Å²) in [6, 6.07) is 16.3. The van der Waals surface area contributed by atoms with E-state index in [-0.39, 0.29) is 22.1 Å². The smallest absolute Gasteiger partial charge is 0.272 e. The number of hydrogen-bond acceptors (Lipinski definition) is 4. The van der Waals surface area contributed by atoms with E-state index in [1.165, 1.54) is 19.3 Å². The number of benzene rings is 2. The fraction of sp³-hybridized carbons (Fsp3) is 0.0455. The number of nitrogens with one attached hydrogen (secondary N) is 2. The lowest BCUT2D eigenvalue weighted by molar-refractivity contribution is -0.113. The number of Topliss-reactive ketones (excluding diaryl/α,β-unsaturated/α-hetero) is 1. The van der Waals surface area contributed by atoms with Crippen molar-refractivity contribution in [3.63, 3.8) is 0 Å². The zero-order chi connectivity index (χ0) is 20.8. The monoisotopic (exact) mass is 408 g/mol. The number of hydrogen-bond donors (Lipinski definition) is 2. The van der Waals surface area contributed by atoms with Crippen LogP contribution in [0, 0.1) is 0 Å². The van der Waals surface area contributed by atoms with Crippen LogP contribution in [0.25, 0.3) is 6.08 Å². The van der Waals surface area contributed by atoms with Gasteiger partial charge in [-0.1, -0.05) is 23.7 Å². The van der Waals surface area contributed by atoms with Gasteiger partial charge in [0.15, 0.2) is 5.78 Å². The maximum Gasteiger partial charge on any atom is 0.272 e. The molecule has 0 unspecified atom stereocenters. The lowest BCUT2D eigenvalue weighted by atomic mass is 10.1. The lowest BCUT2D eigenvalue weighted by Crippen LogP contribution is -2.30. The lowest BCUT2D eigenvalue weighted by Gasteiger charge is -2.11. The standard InChI is InChI=1S/C22H17ClN2O4/c1-14(26)15-8-10-16(11-9-15)24-22(28)20(13-17-5-4-12-29-17)25-21(27)18-6-2-3-7-19(18)23/h2-13H,1H3,(H,24,28)(H,25,27)/b20-13-. The number of carbonyl (C=O) groups is 3. The molecule has 0 bridgehead atoms. The van der Waals surface area contributed by atoms with E-state index in [4.69, 9.17) is 16.0 Å². The van der Waals surface area contributed by atoms with Gasteiger partial charge < -0.3 is 15.1 Å². The van der Waals surface area contributed by atoms with Crippen molar-refractivity contribution in [3.05, 3.63) is 94.5 Å². The molecule has 3 rings (SSSR count). The Labute approximate surface area is 172 Å². The Hall–Kier alpha value is -3.64. The number of furan rings is 1. The van der Waals surface area contributed by atoms with Crippen molar-refractivity contribution < 1.29 is 18.8 Å². The van der Waals surface area contributed by atoms with Crippen LogP contribution in [0.2, 0.25) is 5.02 Å². The molecule has 0 saturated carbocycles. The van der Waals surface area contributed by atoms with E-state index in [0.29, 0.717) is 17.0 Å². The van der Waals surface area contributed by atoms with Crippen LogP contribution in [0.1, 0.15) is 33.4 Å². The van der Waals surface area contributed by atoms with E-state index in [1.807, 2.05) is 0 Å². The largest absolute Gasteiger partial charge is 0.465 e. The van der Waals surface area contributed by atoms with Gasteiger partial charge in [-0.15, -0.1) is 0 Å². The van der Waals surface area contributed by atoms with Crippen molar-refractivity contribution in [2.24, 2.45) is 0 Å². The van der Waals surface area contributed by atoms with Gasteiger partial charge in [0.25, 0.3) is 11.8 Å². The molecule has 29 heavy (non-hydrogen) atoms. The van der Waals surface area contributed by atoms with Crippen molar-refractivity contribution in [1.82, 2.24) is 5.32 Å². The molecule has 0 aliphatic carbocycles. The Morgan fingerprint density at radius 1 is 0.966 bits per heavy atom. The van der Waals surface area contributed by atoms with Gasteiger partial charge in [0.1, 0.15) is 11.5 Å². The van der Waals surface area contributed by atoms with Crippen LogP contribution >= 0.6 is 11.6 Å². The number of carbonyl (C=O) groups excluding carboxylic acids is 3. The van der Waals surface area contributed by atoms with Gasteiger partial charge >= 0.3 is 0 Å². The molecule has 146 valence electrons. The van der Waals surface area contributed by atoms with Crippen LogP contribution in [0.3, 0.4) is 0 Å². The summed E-state index contributed by atoms with van der Waals surface area (Å²) in [5, 5.41) is 5.52. The summed E-state index contributed by atoms with van der Waals surface area (Å²) in [5.41, 5.74) is 1.21. The highest BCUT2D eigenvalue weighted by molar-refractivity contribution is 6.34. The van der Waals surface area contributed by atoms with Crippen molar-refractivity contribution in [2.75, 3.05) is 5.32 Å². The van der Waals surface area contributed by atoms with E-state index in [0.717, 1.165) is 0 Å². The summed E-state index contributed by atoms with van der Waals surface area (Å²) >= 11 is 6.07. The van der Waals surface area contributed by atoms with E-state index in [9.17, 15) is 14.4 Å². The summed E-state index contributed by atoms with van der Waals surface area (Å²) in [4.78, 5) is 36.8. The van der Waals surface area contributed by atoms with Gasteiger partial charge in [-0.2, -0.15) is 0 Å². The van der Waals surface area contributed by atoms with E-state index in [1.54, 1.807) is 60.7 Å². The number of amides is 2. The first kappa shape index (κ1) is 20.1. The van der Waals surface area contributed by atoms with E-state index >= 15 is 0 Å². The van der Waals surface area contributed by atoms with Crippen LogP contribution in [0.15, 0.2) is 77.0 Å². The molecule has 0 aliphatic rings. The molecule has 2 amide bonds. The highest BCUT2D eigenvalue weighted by atomic mass is 35.5. The summed E-state index contributed by atoms with van der Waals surface area (Å²) in [5.74, 6) is -0.775.